The summed E-state index contributed by atoms with van der Waals surface area (Å²) in [6.45, 7) is 1.08. The van der Waals surface area contributed by atoms with Crippen LogP contribution in [0.5, 0.6) is 5.75 Å². The van der Waals surface area contributed by atoms with Crippen molar-refractivity contribution in [3.63, 3.8) is 0 Å². The van der Waals surface area contributed by atoms with Crippen LogP contribution in [0, 0.1) is 0 Å². The molecule has 7 nitrogen and oxygen atoms in total. The number of amides is 2. The number of ether oxygens (including phenoxy) is 1. The third-order valence-corrected chi connectivity index (χ3v) is 6.65. The van der Waals surface area contributed by atoms with Gasteiger partial charge in [-0.25, -0.2) is 0 Å². The molecule has 0 saturated heterocycles. The van der Waals surface area contributed by atoms with Crippen molar-refractivity contribution in [1.82, 2.24) is 9.88 Å². The Bertz CT molecular complexity index is 1530. The van der Waals surface area contributed by atoms with Crippen molar-refractivity contribution in [2.75, 3.05) is 11.4 Å². The highest BCUT2D eigenvalue weighted by Gasteiger charge is 2.35. The predicted molar refractivity (Wildman–Crippen MR) is 133 cm³/mol. The zero-order valence-corrected chi connectivity index (χ0v) is 18.9. The minimum absolute atomic E-state index is 0.00792. The van der Waals surface area contributed by atoms with Gasteiger partial charge in [-0.05, 0) is 35.7 Å². The van der Waals surface area contributed by atoms with Gasteiger partial charge in [0.1, 0.15) is 11.3 Å². The summed E-state index contributed by atoms with van der Waals surface area (Å²) in [5.74, 6) is -0.325. The van der Waals surface area contributed by atoms with E-state index in [0.29, 0.717) is 23.4 Å². The van der Waals surface area contributed by atoms with E-state index >= 15 is 0 Å². The van der Waals surface area contributed by atoms with Crippen LogP contribution >= 0.6 is 0 Å². The molecular formula is C28H23N3O4. The maximum absolute atomic E-state index is 13.8. The molecule has 6 rings (SSSR count). The van der Waals surface area contributed by atoms with Gasteiger partial charge in [-0.2, -0.15) is 0 Å². The van der Waals surface area contributed by atoms with Crippen LogP contribution in [0.1, 0.15) is 21.5 Å². The van der Waals surface area contributed by atoms with Gasteiger partial charge in [0.05, 0.1) is 17.7 Å². The number of benzene rings is 3. The van der Waals surface area contributed by atoms with Gasteiger partial charge >= 0.3 is 0 Å². The third kappa shape index (κ3) is 3.65. The summed E-state index contributed by atoms with van der Waals surface area (Å²) < 4.78 is 7.94. The van der Waals surface area contributed by atoms with E-state index in [1.165, 1.54) is 4.90 Å². The first-order valence-corrected chi connectivity index (χ1v) is 11.6. The first-order chi connectivity index (χ1) is 17.1. The Morgan fingerprint density at radius 3 is 2.63 bits per heavy atom. The number of anilines is 1. The molecule has 3 heterocycles. The maximum atomic E-state index is 13.8. The molecule has 1 aromatic heterocycles. The quantitative estimate of drug-likeness (QED) is 0.502. The van der Waals surface area contributed by atoms with Gasteiger partial charge < -0.3 is 19.5 Å². The monoisotopic (exact) mass is 465 g/mol. The summed E-state index contributed by atoms with van der Waals surface area (Å²) >= 11 is 0. The highest BCUT2D eigenvalue weighted by atomic mass is 16.5. The van der Waals surface area contributed by atoms with E-state index < -0.39 is 12.0 Å². The summed E-state index contributed by atoms with van der Waals surface area (Å²) in [7, 11) is 0. The molecule has 3 aromatic carbocycles. The zero-order chi connectivity index (χ0) is 23.9. The molecule has 7 heteroatoms. The summed E-state index contributed by atoms with van der Waals surface area (Å²) in [5.41, 5.74) is 3.32. The van der Waals surface area contributed by atoms with Crippen molar-refractivity contribution in [2.45, 2.75) is 25.6 Å². The number of carbonyl (C=O) groups is 2. The molecule has 4 aromatic rings. The number of para-hydroxylation sites is 3. The molecule has 1 atom stereocenters. The number of nitrogens with zero attached hydrogens (tertiary/aromatic N) is 2. The van der Waals surface area contributed by atoms with Crippen molar-refractivity contribution in [3.8, 4) is 5.75 Å². The van der Waals surface area contributed by atoms with Crippen LogP contribution in [-0.4, -0.2) is 29.0 Å². The van der Waals surface area contributed by atoms with Gasteiger partial charge in [-0.1, -0.05) is 54.6 Å². The molecule has 2 amide bonds. The zero-order valence-electron chi connectivity index (χ0n) is 18.9. The average molecular weight is 466 g/mol. The Kier molecular flexibility index (Phi) is 5.10. The van der Waals surface area contributed by atoms with E-state index in [9.17, 15) is 14.4 Å². The molecular weight excluding hydrogens is 442 g/mol. The predicted octanol–water partition coefficient (Wildman–Crippen LogP) is 3.28. The SMILES string of the molecule is O=C(NCc1ccccc1)C1CN(C(=O)c2cn3c4c(cccc4c2=O)CC3)c2ccccc2O1. The van der Waals surface area contributed by atoms with E-state index in [2.05, 4.69) is 5.32 Å². The number of fused-ring (bicyclic) bond motifs is 1. The molecule has 174 valence electrons. The summed E-state index contributed by atoms with van der Waals surface area (Å²) in [6.07, 6.45) is 1.59. The Hall–Kier alpha value is -4.39. The molecule has 0 fully saturated rings. The second kappa shape index (κ2) is 8.43. The Labute approximate surface area is 201 Å². The van der Waals surface area contributed by atoms with Crippen LogP contribution in [0.2, 0.25) is 0 Å². The third-order valence-electron chi connectivity index (χ3n) is 6.65. The number of hydrogen-bond acceptors (Lipinski definition) is 4. The van der Waals surface area contributed by atoms with Crippen molar-refractivity contribution in [1.29, 1.82) is 0 Å². The smallest absolute Gasteiger partial charge is 0.264 e. The van der Waals surface area contributed by atoms with Gasteiger partial charge in [-0.3, -0.25) is 14.4 Å². The van der Waals surface area contributed by atoms with Crippen LogP contribution in [0.4, 0.5) is 5.69 Å². The number of aromatic nitrogens is 1. The maximum Gasteiger partial charge on any atom is 0.264 e. The molecule has 35 heavy (non-hydrogen) atoms. The van der Waals surface area contributed by atoms with Gasteiger partial charge in [0, 0.05) is 24.7 Å². The van der Waals surface area contributed by atoms with Crippen molar-refractivity contribution in [2.24, 2.45) is 0 Å². The average Bonchev–Trinajstić information content (AvgIpc) is 3.32. The first kappa shape index (κ1) is 21.2. The van der Waals surface area contributed by atoms with Crippen molar-refractivity contribution < 1.29 is 14.3 Å². The van der Waals surface area contributed by atoms with E-state index in [1.54, 1.807) is 36.5 Å². The van der Waals surface area contributed by atoms with Gasteiger partial charge in [-0.15, -0.1) is 0 Å². The van der Waals surface area contributed by atoms with Crippen LogP contribution in [0.3, 0.4) is 0 Å². The van der Waals surface area contributed by atoms with Gasteiger partial charge in [0.2, 0.25) is 5.43 Å². The number of pyridine rings is 1. The molecule has 0 spiro atoms. The number of rotatable bonds is 4. The standard InChI is InChI=1S/C28H23N3O4/c32-26-20-10-6-9-19-13-14-30(25(19)20)16-21(26)28(34)31-17-24(35-23-12-5-4-11-22(23)31)27(33)29-15-18-7-2-1-3-8-18/h1-12,16,24H,13-15,17H2,(H,29,33). The van der Waals surface area contributed by atoms with Crippen LogP contribution in [-0.2, 0) is 24.3 Å². The summed E-state index contributed by atoms with van der Waals surface area (Å²) in [6, 6.07) is 22.3. The molecule has 2 aliphatic heterocycles. The minimum atomic E-state index is -0.900. The number of carbonyl (C=O) groups excluding carboxylic acids is 2. The summed E-state index contributed by atoms with van der Waals surface area (Å²) in [4.78, 5) is 41.6. The van der Waals surface area contributed by atoms with Gasteiger partial charge in [0.25, 0.3) is 11.8 Å². The van der Waals surface area contributed by atoms with Crippen LogP contribution in [0.15, 0.2) is 83.8 Å². The highest BCUT2D eigenvalue weighted by molar-refractivity contribution is 6.09. The van der Waals surface area contributed by atoms with E-state index in [1.807, 2.05) is 47.0 Å². The molecule has 0 aliphatic carbocycles. The van der Waals surface area contributed by atoms with Gasteiger partial charge in [0.15, 0.2) is 6.10 Å². The fourth-order valence-corrected chi connectivity index (χ4v) is 4.92. The normalized spacial score (nSPS) is 16.0. The lowest BCUT2D eigenvalue weighted by atomic mass is 10.1. The van der Waals surface area contributed by atoms with Crippen LogP contribution in [0.25, 0.3) is 10.9 Å². The second-order valence-electron chi connectivity index (χ2n) is 8.82. The fraction of sp³-hybridized carbons (Fsp3) is 0.179. The number of aryl methyl sites for hydroxylation is 2. The lowest BCUT2D eigenvalue weighted by Gasteiger charge is -2.34. The fourth-order valence-electron chi connectivity index (χ4n) is 4.92. The molecule has 1 N–H and O–H groups in total. The lowest BCUT2D eigenvalue weighted by molar-refractivity contribution is -0.127. The largest absolute Gasteiger partial charge is 0.477 e. The van der Waals surface area contributed by atoms with E-state index in [0.717, 1.165) is 29.6 Å². The van der Waals surface area contributed by atoms with E-state index in [-0.39, 0.29) is 23.4 Å². The summed E-state index contributed by atoms with van der Waals surface area (Å²) in [5, 5.41) is 3.44. The number of nitrogens with one attached hydrogen (secondary N) is 1. The topological polar surface area (TPSA) is 80.6 Å². The molecule has 0 radical (unpaired) electrons. The highest BCUT2D eigenvalue weighted by Crippen LogP contribution is 2.34. The molecule has 1 unspecified atom stereocenters. The number of hydrogen-bond donors (Lipinski definition) is 1. The Balaban J connectivity index is 1.33. The molecule has 0 bridgehead atoms. The minimum Gasteiger partial charge on any atom is -0.477 e. The van der Waals surface area contributed by atoms with Crippen molar-refractivity contribution in [3.05, 3.63) is 106 Å². The van der Waals surface area contributed by atoms with Crippen LogP contribution < -0.4 is 20.4 Å². The first-order valence-electron chi connectivity index (χ1n) is 11.6. The molecule has 2 aliphatic rings. The van der Waals surface area contributed by atoms with Crippen molar-refractivity contribution >= 4 is 28.4 Å². The Morgan fingerprint density at radius 2 is 1.77 bits per heavy atom. The second-order valence-corrected chi connectivity index (χ2v) is 8.82. The lowest BCUT2D eigenvalue weighted by Crippen LogP contribution is -2.51. The Morgan fingerprint density at radius 1 is 0.971 bits per heavy atom. The molecule has 0 saturated carbocycles. The van der Waals surface area contributed by atoms with E-state index in [4.69, 9.17) is 4.74 Å².